The van der Waals surface area contributed by atoms with E-state index in [2.05, 4.69) is 5.32 Å². The van der Waals surface area contributed by atoms with Crippen molar-refractivity contribution in [3.05, 3.63) is 33.3 Å². The van der Waals surface area contributed by atoms with E-state index >= 15 is 0 Å². The van der Waals surface area contributed by atoms with Crippen LogP contribution in [0.5, 0.6) is 0 Å². The Hall–Kier alpha value is -1.33. The molecule has 0 aliphatic carbocycles. The van der Waals surface area contributed by atoms with E-state index in [0.717, 1.165) is 0 Å². The summed E-state index contributed by atoms with van der Waals surface area (Å²) < 4.78 is 0. The molecule has 0 saturated carbocycles. The van der Waals surface area contributed by atoms with Crippen LogP contribution in [0.15, 0.2) is 18.2 Å². The molecule has 82 valence electrons. The quantitative estimate of drug-likeness (QED) is 0.611. The Labute approximate surface area is 92.4 Å². The topological polar surface area (TPSA) is 81.2 Å². The molecule has 15 heavy (non-hydrogen) atoms. The van der Waals surface area contributed by atoms with Crippen molar-refractivity contribution >= 4 is 23.0 Å². The first-order valence-electron chi connectivity index (χ1n) is 4.45. The zero-order chi connectivity index (χ0) is 11.4. The maximum atomic E-state index is 10.4. The summed E-state index contributed by atoms with van der Waals surface area (Å²) in [6.45, 7) is 2.37. The van der Waals surface area contributed by atoms with Gasteiger partial charge in [0, 0.05) is 24.7 Å². The fourth-order valence-electron chi connectivity index (χ4n) is 1.06. The molecule has 1 aromatic rings. The Morgan fingerprint density at radius 3 is 2.80 bits per heavy atom. The smallest absolute Gasteiger partial charge is 0.271 e. The van der Waals surface area contributed by atoms with Crippen LogP contribution >= 0.6 is 11.6 Å². The van der Waals surface area contributed by atoms with Gasteiger partial charge in [-0.1, -0.05) is 11.6 Å². The summed E-state index contributed by atoms with van der Waals surface area (Å²) in [5.74, 6) is 0. The van der Waals surface area contributed by atoms with Gasteiger partial charge in [0.1, 0.15) is 0 Å². The highest BCUT2D eigenvalue weighted by Crippen LogP contribution is 2.26. The molecule has 6 heteroatoms. The van der Waals surface area contributed by atoms with Crippen LogP contribution in [0.4, 0.5) is 11.4 Å². The number of rotatable bonds is 4. The zero-order valence-corrected chi connectivity index (χ0v) is 8.99. The standard InChI is InChI=1S/C9H12ClN3O2/c1-6(5-11)12-9-3-2-7(13(14)15)4-8(9)10/h2-4,6,12H,5,11H2,1H3/t6-/m0/s1. The van der Waals surface area contributed by atoms with E-state index in [0.29, 0.717) is 17.3 Å². The number of hydrogen-bond acceptors (Lipinski definition) is 4. The number of anilines is 1. The molecular formula is C9H12ClN3O2. The van der Waals surface area contributed by atoms with Gasteiger partial charge in [0.05, 0.1) is 15.6 Å². The third kappa shape index (κ3) is 3.07. The second kappa shape index (κ2) is 4.95. The molecule has 0 heterocycles. The maximum absolute atomic E-state index is 10.4. The lowest BCUT2D eigenvalue weighted by Crippen LogP contribution is -2.25. The first-order valence-corrected chi connectivity index (χ1v) is 4.83. The van der Waals surface area contributed by atoms with Gasteiger partial charge in [0.2, 0.25) is 0 Å². The molecule has 5 nitrogen and oxygen atoms in total. The highest BCUT2D eigenvalue weighted by molar-refractivity contribution is 6.33. The molecule has 0 fully saturated rings. The van der Waals surface area contributed by atoms with E-state index in [4.69, 9.17) is 17.3 Å². The normalized spacial score (nSPS) is 12.2. The molecule has 0 saturated heterocycles. The van der Waals surface area contributed by atoms with Crippen molar-refractivity contribution < 1.29 is 4.92 Å². The largest absolute Gasteiger partial charge is 0.380 e. The second-order valence-corrected chi connectivity index (χ2v) is 3.61. The number of nitrogens with two attached hydrogens (primary N) is 1. The van der Waals surface area contributed by atoms with Crippen LogP contribution in [-0.4, -0.2) is 17.5 Å². The predicted octanol–water partition coefficient (Wildman–Crippen LogP) is 2.01. The lowest BCUT2D eigenvalue weighted by molar-refractivity contribution is -0.384. The number of halogens is 1. The maximum Gasteiger partial charge on any atom is 0.271 e. The van der Waals surface area contributed by atoms with E-state index in [1.807, 2.05) is 6.92 Å². The van der Waals surface area contributed by atoms with Crippen molar-refractivity contribution in [2.75, 3.05) is 11.9 Å². The fraction of sp³-hybridized carbons (Fsp3) is 0.333. The highest BCUT2D eigenvalue weighted by atomic mass is 35.5. The molecular weight excluding hydrogens is 218 g/mol. The highest BCUT2D eigenvalue weighted by Gasteiger charge is 2.10. The molecule has 0 unspecified atom stereocenters. The van der Waals surface area contributed by atoms with E-state index < -0.39 is 4.92 Å². The summed E-state index contributed by atoms with van der Waals surface area (Å²) in [6.07, 6.45) is 0. The molecule has 0 aliphatic rings. The summed E-state index contributed by atoms with van der Waals surface area (Å²) in [5, 5.41) is 13.8. The first-order chi connectivity index (χ1) is 7.04. The Morgan fingerprint density at radius 1 is 1.67 bits per heavy atom. The first kappa shape index (κ1) is 11.7. The number of hydrogen-bond donors (Lipinski definition) is 2. The monoisotopic (exact) mass is 229 g/mol. The summed E-state index contributed by atoms with van der Waals surface area (Å²) in [6, 6.07) is 4.36. The Bertz CT molecular complexity index is 370. The van der Waals surface area contributed by atoms with Crippen LogP contribution in [0.1, 0.15) is 6.92 Å². The Kier molecular flexibility index (Phi) is 3.88. The van der Waals surface area contributed by atoms with E-state index in [-0.39, 0.29) is 11.7 Å². The van der Waals surface area contributed by atoms with Crippen molar-refractivity contribution in [3.8, 4) is 0 Å². The average Bonchev–Trinajstić information content (AvgIpc) is 2.20. The average molecular weight is 230 g/mol. The van der Waals surface area contributed by atoms with E-state index in [1.54, 1.807) is 6.07 Å². The summed E-state index contributed by atoms with van der Waals surface area (Å²) in [5.41, 5.74) is 6.06. The minimum atomic E-state index is -0.484. The molecule has 3 N–H and O–H groups in total. The Balaban J connectivity index is 2.88. The van der Waals surface area contributed by atoms with Crippen LogP contribution < -0.4 is 11.1 Å². The van der Waals surface area contributed by atoms with Crippen LogP contribution in [0.25, 0.3) is 0 Å². The molecule has 0 aliphatic heterocycles. The van der Waals surface area contributed by atoms with Crippen molar-refractivity contribution in [1.29, 1.82) is 0 Å². The number of benzene rings is 1. The minimum absolute atomic E-state index is 0.0223. The third-order valence-corrected chi connectivity index (χ3v) is 2.23. The summed E-state index contributed by atoms with van der Waals surface area (Å²) in [7, 11) is 0. The van der Waals surface area contributed by atoms with Gasteiger partial charge in [-0.2, -0.15) is 0 Å². The zero-order valence-electron chi connectivity index (χ0n) is 8.24. The molecule has 0 bridgehead atoms. The van der Waals surface area contributed by atoms with Gasteiger partial charge in [0.15, 0.2) is 0 Å². The van der Waals surface area contributed by atoms with Gasteiger partial charge in [0.25, 0.3) is 5.69 Å². The SMILES string of the molecule is C[C@@H](CN)Nc1ccc([N+](=O)[O-])cc1Cl. The van der Waals surface area contributed by atoms with Crippen LogP contribution in [0, 0.1) is 10.1 Å². The van der Waals surface area contributed by atoms with E-state index in [9.17, 15) is 10.1 Å². The number of nitrogens with one attached hydrogen (secondary N) is 1. The van der Waals surface area contributed by atoms with Crippen LogP contribution in [0.2, 0.25) is 5.02 Å². The van der Waals surface area contributed by atoms with Crippen molar-refractivity contribution in [1.82, 2.24) is 0 Å². The minimum Gasteiger partial charge on any atom is -0.380 e. The van der Waals surface area contributed by atoms with Gasteiger partial charge in [-0.05, 0) is 13.0 Å². The molecule has 1 aromatic carbocycles. The number of non-ortho nitro benzene ring substituents is 1. The molecule has 1 atom stereocenters. The molecule has 1 rings (SSSR count). The van der Waals surface area contributed by atoms with Gasteiger partial charge >= 0.3 is 0 Å². The van der Waals surface area contributed by atoms with Gasteiger partial charge in [-0.25, -0.2) is 0 Å². The lowest BCUT2D eigenvalue weighted by atomic mass is 10.2. The predicted molar refractivity (Wildman–Crippen MR) is 60.2 cm³/mol. The lowest BCUT2D eigenvalue weighted by Gasteiger charge is -2.13. The molecule has 0 amide bonds. The molecule has 0 aromatic heterocycles. The number of nitrogens with zero attached hydrogens (tertiary/aromatic N) is 1. The molecule has 0 radical (unpaired) electrons. The van der Waals surface area contributed by atoms with E-state index in [1.165, 1.54) is 12.1 Å². The van der Waals surface area contributed by atoms with Crippen molar-refractivity contribution in [2.45, 2.75) is 13.0 Å². The van der Waals surface area contributed by atoms with Gasteiger partial charge in [-0.3, -0.25) is 10.1 Å². The Morgan fingerprint density at radius 2 is 2.33 bits per heavy atom. The fourth-order valence-corrected chi connectivity index (χ4v) is 1.29. The molecule has 0 spiro atoms. The second-order valence-electron chi connectivity index (χ2n) is 3.20. The van der Waals surface area contributed by atoms with Crippen LogP contribution in [-0.2, 0) is 0 Å². The number of nitro benzene ring substituents is 1. The summed E-state index contributed by atoms with van der Waals surface area (Å²) in [4.78, 5) is 9.97. The number of nitro groups is 1. The van der Waals surface area contributed by atoms with Gasteiger partial charge in [-0.15, -0.1) is 0 Å². The third-order valence-electron chi connectivity index (χ3n) is 1.92. The van der Waals surface area contributed by atoms with Gasteiger partial charge < -0.3 is 11.1 Å². The summed E-state index contributed by atoms with van der Waals surface area (Å²) >= 11 is 5.87. The van der Waals surface area contributed by atoms with Crippen molar-refractivity contribution in [3.63, 3.8) is 0 Å². The van der Waals surface area contributed by atoms with Crippen molar-refractivity contribution in [2.24, 2.45) is 5.73 Å². The van der Waals surface area contributed by atoms with Crippen LogP contribution in [0.3, 0.4) is 0 Å².